The van der Waals surface area contributed by atoms with Crippen LogP contribution in [0.3, 0.4) is 0 Å². The molecule has 108 valence electrons. The van der Waals surface area contributed by atoms with Crippen LogP contribution in [-0.4, -0.2) is 16.1 Å². The van der Waals surface area contributed by atoms with E-state index in [-0.39, 0.29) is 17.3 Å². The summed E-state index contributed by atoms with van der Waals surface area (Å²) in [6.45, 7) is 10.4. The monoisotopic (exact) mass is 291 g/mol. The maximum atomic E-state index is 11.0. The van der Waals surface area contributed by atoms with Crippen LogP contribution in [0.2, 0.25) is 0 Å². The first-order valence-corrected chi connectivity index (χ1v) is 7.54. The van der Waals surface area contributed by atoms with Crippen LogP contribution in [0.4, 0.5) is 0 Å². The van der Waals surface area contributed by atoms with Crippen molar-refractivity contribution in [1.82, 2.24) is 4.98 Å². The molecule has 0 unspecified atom stereocenters. The van der Waals surface area contributed by atoms with Crippen LogP contribution < -0.4 is 0 Å². The van der Waals surface area contributed by atoms with E-state index >= 15 is 0 Å². The molecule has 0 atom stereocenters. The Bertz CT molecular complexity index is 650. The van der Waals surface area contributed by atoms with Crippen molar-refractivity contribution in [2.75, 3.05) is 0 Å². The lowest BCUT2D eigenvalue weighted by atomic mass is 9.81. The van der Waals surface area contributed by atoms with E-state index in [1.165, 1.54) is 0 Å². The topological polar surface area (TPSA) is 50.2 Å². The fraction of sp³-hybridized carbons (Fsp3) is 0.500. The van der Waals surface area contributed by atoms with Gasteiger partial charge in [0.25, 0.3) is 0 Å². The maximum Gasteiger partial charge on any atom is 0.304 e. The molecule has 0 aliphatic heterocycles. The van der Waals surface area contributed by atoms with E-state index in [1.54, 1.807) is 11.3 Å². The van der Waals surface area contributed by atoms with Gasteiger partial charge in [0.1, 0.15) is 0 Å². The number of rotatable bonds is 3. The molecule has 0 fully saturated rings. The summed E-state index contributed by atoms with van der Waals surface area (Å²) in [7, 11) is 0. The van der Waals surface area contributed by atoms with E-state index in [1.807, 2.05) is 26.0 Å². The van der Waals surface area contributed by atoms with Crippen molar-refractivity contribution in [2.45, 2.75) is 51.9 Å². The molecule has 0 spiro atoms. The molecule has 1 N–H and O–H groups in total. The summed E-state index contributed by atoms with van der Waals surface area (Å²) < 4.78 is 1.13. The predicted octanol–water partition coefficient (Wildman–Crippen LogP) is 4.35. The van der Waals surface area contributed by atoms with E-state index in [9.17, 15) is 4.79 Å². The van der Waals surface area contributed by atoms with Gasteiger partial charge >= 0.3 is 5.97 Å². The Hall–Kier alpha value is -1.42. The van der Waals surface area contributed by atoms with Gasteiger partial charge < -0.3 is 5.11 Å². The Kier molecular flexibility index (Phi) is 3.63. The van der Waals surface area contributed by atoms with Crippen molar-refractivity contribution in [3.8, 4) is 0 Å². The fourth-order valence-electron chi connectivity index (χ4n) is 2.15. The molecular formula is C16H21NO2S. The van der Waals surface area contributed by atoms with Gasteiger partial charge in [-0.1, -0.05) is 40.7 Å². The van der Waals surface area contributed by atoms with Crippen molar-refractivity contribution >= 4 is 27.5 Å². The largest absolute Gasteiger partial charge is 0.481 e. The molecule has 1 heterocycles. The average molecular weight is 291 g/mol. The number of nitrogens with zero attached hydrogens (tertiary/aromatic N) is 1. The minimum Gasteiger partial charge on any atom is -0.481 e. The lowest BCUT2D eigenvalue weighted by Gasteiger charge is -2.22. The van der Waals surface area contributed by atoms with Crippen molar-refractivity contribution in [2.24, 2.45) is 0 Å². The van der Waals surface area contributed by atoms with Crippen LogP contribution >= 0.6 is 11.3 Å². The highest BCUT2D eigenvalue weighted by atomic mass is 32.1. The van der Waals surface area contributed by atoms with Crippen molar-refractivity contribution in [3.05, 3.63) is 28.8 Å². The highest BCUT2D eigenvalue weighted by Gasteiger charge is 2.25. The number of hydrogen-bond acceptors (Lipinski definition) is 3. The second-order valence-corrected chi connectivity index (χ2v) is 7.94. The summed E-state index contributed by atoms with van der Waals surface area (Å²) in [6, 6.07) is 6.09. The van der Waals surface area contributed by atoms with Crippen molar-refractivity contribution in [1.29, 1.82) is 0 Å². The molecule has 3 nitrogen and oxygen atoms in total. The zero-order valence-corrected chi connectivity index (χ0v) is 13.5. The number of benzene rings is 1. The lowest BCUT2D eigenvalue weighted by molar-refractivity contribution is -0.138. The van der Waals surface area contributed by atoms with E-state index in [2.05, 4.69) is 31.8 Å². The Morgan fingerprint density at radius 2 is 1.90 bits per heavy atom. The highest BCUT2D eigenvalue weighted by molar-refractivity contribution is 7.18. The Morgan fingerprint density at radius 1 is 1.25 bits per heavy atom. The fourth-order valence-corrected chi connectivity index (χ4v) is 3.21. The van der Waals surface area contributed by atoms with E-state index in [0.717, 1.165) is 20.8 Å². The SMILES string of the molecule is CC(C)(C)c1nc2ccc(C(C)(C)CC(=O)O)cc2s1. The second kappa shape index (κ2) is 4.85. The van der Waals surface area contributed by atoms with Crippen LogP contribution in [0.25, 0.3) is 10.2 Å². The number of aromatic nitrogens is 1. The third kappa shape index (κ3) is 3.01. The van der Waals surface area contributed by atoms with Crippen LogP contribution in [0.15, 0.2) is 18.2 Å². The van der Waals surface area contributed by atoms with Gasteiger partial charge in [-0.2, -0.15) is 0 Å². The lowest BCUT2D eigenvalue weighted by Crippen LogP contribution is -2.21. The Balaban J connectivity index is 2.46. The number of carbonyl (C=O) groups is 1. The molecule has 0 amide bonds. The third-order valence-electron chi connectivity index (χ3n) is 3.40. The summed E-state index contributed by atoms with van der Waals surface area (Å²) in [6.07, 6.45) is 0.128. The van der Waals surface area contributed by atoms with Gasteiger partial charge in [-0.05, 0) is 17.7 Å². The van der Waals surface area contributed by atoms with Gasteiger partial charge in [0.15, 0.2) is 0 Å². The van der Waals surface area contributed by atoms with Gasteiger partial charge in [0.2, 0.25) is 0 Å². The zero-order chi connectivity index (χ0) is 15.1. The first-order chi connectivity index (χ1) is 9.09. The van der Waals surface area contributed by atoms with Crippen LogP contribution in [0.5, 0.6) is 0 Å². The van der Waals surface area contributed by atoms with Gasteiger partial charge in [-0.25, -0.2) is 4.98 Å². The first kappa shape index (κ1) is 15.0. The third-order valence-corrected chi connectivity index (χ3v) is 4.85. The molecule has 0 saturated heterocycles. The molecule has 0 bridgehead atoms. The standard InChI is InChI=1S/C16H21NO2S/c1-15(2,3)14-17-11-7-6-10(8-12(11)20-14)16(4,5)9-13(18)19/h6-8H,9H2,1-5H3,(H,18,19). The van der Waals surface area contributed by atoms with E-state index in [0.29, 0.717) is 0 Å². The summed E-state index contributed by atoms with van der Waals surface area (Å²) >= 11 is 1.69. The van der Waals surface area contributed by atoms with E-state index in [4.69, 9.17) is 5.11 Å². The van der Waals surface area contributed by atoms with Crippen molar-refractivity contribution in [3.63, 3.8) is 0 Å². The van der Waals surface area contributed by atoms with Gasteiger partial charge in [-0.3, -0.25) is 4.79 Å². The Morgan fingerprint density at radius 3 is 2.45 bits per heavy atom. The number of hydrogen-bond donors (Lipinski definition) is 1. The Labute approximate surface area is 123 Å². The smallest absolute Gasteiger partial charge is 0.304 e. The molecular weight excluding hydrogens is 270 g/mol. The molecule has 0 saturated carbocycles. The van der Waals surface area contributed by atoms with Crippen LogP contribution in [-0.2, 0) is 15.6 Å². The number of fused-ring (bicyclic) bond motifs is 1. The molecule has 0 aliphatic rings. The van der Waals surface area contributed by atoms with Crippen LogP contribution in [0, 0.1) is 0 Å². The summed E-state index contributed by atoms with van der Waals surface area (Å²) in [5, 5.41) is 10.1. The zero-order valence-electron chi connectivity index (χ0n) is 12.7. The molecule has 0 aliphatic carbocycles. The average Bonchev–Trinajstić information content (AvgIpc) is 2.69. The summed E-state index contributed by atoms with van der Waals surface area (Å²) in [5.41, 5.74) is 1.72. The number of thiazole rings is 1. The highest BCUT2D eigenvalue weighted by Crippen LogP contribution is 2.35. The molecule has 1 aromatic heterocycles. The van der Waals surface area contributed by atoms with Gasteiger partial charge in [-0.15, -0.1) is 11.3 Å². The van der Waals surface area contributed by atoms with Gasteiger partial charge in [0.05, 0.1) is 21.6 Å². The van der Waals surface area contributed by atoms with Crippen molar-refractivity contribution < 1.29 is 9.90 Å². The normalized spacial score (nSPS) is 12.8. The molecule has 1 aromatic carbocycles. The maximum absolute atomic E-state index is 11.0. The molecule has 20 heavy (non-hydrogen) atoms. The van der Waals surface area contributed by atoms with E-state index < -0.39 is 5.97 Å². The number of carboxylic acid groups (broad SMARTS) is 1. The number of carboxylic acids is 1. The summed E-state index contributed by atoms with van der Waals surface area (Å²) in [4.78, 5) is 15.6. The predicted molar refractivity (Wildman–Crippen MR) is 83.6 cm³/mol. The molecule has 2 aromatic rings. The minimum atomic E-state index is -0.769. The van der Waals surface area contributed by atoms with Gasteiger partial charge in [0, 0.05) is 10.8 Å². The summed E-state index contributed by atoms with van der Waals surface area (Å²) in [5.74, 6) is -0.769. The molecule has 0 radical (unpaired) electrons. The number of aliphatic carboxylic acids is 1. The molecule has 2 rings (SSSR count). The van der Waals surface area contributed by atoms with Crippen LogP contribution in [0.1, 0.15) is 51.6 Å². The minimum absolute atomic E-state index is 0.0421. The molecule has 4 heteroatoms. The first-order valence-electron chi connectivity index (χ1n) is 6.73. The second-order valence-electron chi connectivity index (χ2n) is 6.91. The quantitative estimate of drug-likeness (QED) is 0.914.